The molecule has 0 spiro atoms. The molecule has 1 unspecified atom stereocenters. The van der Waals surface area contributed by atoms with Crippen molar-refractivity contribution >= 4 is 11.8 Å². The minimum atomic E-state index is 0.269. The largest absolute Gasteiger partial charge is 0.493 e. The molecule has 4 aliphatic carbocycles. The first-order valence-electron chi connectivity index (χ1n) is 11.7. The van der Waals surface area contributed by atoms with Gasteiger partial charge in [-0.2, -0.15) is 10.2 Å². The zero-order valence-electron chi connectivity index (χ0n) is 19.3. The molecule has 8 heteroatoms. The second-order valence-electron chi connectivity index (χ2n) is 9.97. The Balaban J connectivity index is 1.29. The number of para-hydroxylation sites is 1. The van der Waals surface area contributed by atoms with Gasteiger partial charge in [0.25, 0.3) is 0 Å². The van der Waals surface area contributed by atoms with Crippen LogP contribution in [0.5, 0.6) is 11.5 Å². The van der Waals surface area contributed by atoms with Gasteiger partial charge in [-0.3, -0.25) is 0 Å². The zero-order chi connectivity index (χ0) is 23.0. The van der Waals surface area contributed by atoms with Crippen molar-refractivity contribution in [2.75, 3.05) is 31.4 Å². The second-order valence-corrected chi connectivity index (χ2v) is 9.97. The zero-order valence-corrected chi connectivity index (χ0v) is 19.3. The van der Waals surface area contributed by atoms with Gasteiger partial charge in [-0.1, -0.05) is 12.1 Å². The summed E-state index contributed by atoms with van der Waals surface area (Å²) in [6.45, 7) is 1.30. The van der Waals surface area contributed by atoms with Crippen LogP contribution in [0.1, 0.15) is 43.2 Å². The predicted octanol–water partition coefficient (Wildman–Crippen LogP) is 3.54. The number of ether oxygens (including phenoxy) is 2. The average molecular weight is 449 g/mol. The average Bonchev–Trinajstić information content (AvgIpc) is 2.83. The van der Waals surface area contributed by atoms with Gasteiger partial charge in [-0.15, -0.1) is 0 Å². The van der Waals surface area contributed by atoms with E-state index in [4.69, 9.17) is 15.2 Å². The highest BCUT2D eigenvalue weighted by Gasteiger charge is 2.54. The van der Waals surface area contributed by atoms with Gasteiger partial charge in [0.05, 0.1) is 20.4 Å². The molecule has 33 heavy (non-hydrogen) atoms. The van der Waals surface area contributed by atoms with Gasteiger partial charge in [0.15, 0.2) is 11.5 Å². The van der Waals surface area contributed by atoms with Crippen molar-refractivity contribution in [2.45, 2.75) is 44.7 Å². The molecule has 4 bridgehead atoms. The molecule has 2 aromatic rings. The number of hydrogen-bond donors (Lipinski definition) is 3. The summed E-state index contributed by atoms with van der Waals surface area (Å²) < 4.78 is 10.9. The molecule has 4 fully saturated rings. The van der Waals surface area contributed by atoms with Crippen molar-refractivity contribution in [2.24, 2.45) is 28.9 Å². The molecule has 0 radical (unpaired) electrons. The highest BCUT2D eigenvalue weighted by molar-refractivity contribution is 5.54. The Kier molecular flexibility index (Phi) is 5.75. The molecule has 1 aromatic heterocycles. The lowest BCUT2D eigenvalue weighted by molar-refractivity contribution is -0.0591. The van der Waals surface area contributed by atoms with Crippen LogP contribution in [0, 0.1) is 34.5 Å². The van der Waals surface area contributed by atoms with Crippen LogP contribution >= 0.6 is 0 Å². The molecule has 0 aliphatic heterocycles. The molecule has 0 amide bonds. The SMILES string of the molecule is COc1cccc(CNc2ncc(C#N)c(NC[C@]34CC5C[C@H](C3)[C@@H](N)[C@@H](C5)C4)n2)c1OC. The smallest absolute Gasteiger partial charge is 0.224 e. The first kappa shape index (κ1) is 21.8. The number of hydrogen-bond acceptors (Lipinski definition) is 8. The molecule has 1 aromatic carbocycles. The fourth-order valence-corrected chi connectivity index (χ4v) is 6.67. The molecule has 5 atom stereocenters. The second kappa shape index (κ2) is 8.71. The lowest BCUT2D eigenvalue weighted by Crippen LogP contribution is -2.58. The van der Waals surface area contributed by atoms with Crippen LogP contribution < -0.4 is 25.8 Å². The fourth-order valence-electron chi connectivity index (χ4n) is 6.67. The van der Waals surface area contributed by atoms with Gasteiger partial charge in [0.2, 0.25) is 5.95 Å². The highest BCUT2D eigenvalue weighted by Crippen LogP contribution is 2.59. The van der Waals surface area contributed by atoms with E-state index in [-0.39, 0.29) is 5.41 Å². The molecule has 1 heterocycles. The fraction of sp³-hybridized carbons (Fsp3) is 0.560. The molecule has 4 aliphatic rings. The van der Waals surface area contributed by atoms with Crippen LogP contribution in [0.25, 0.3) is 0 Å². The third kappa shape index (κ3) is 4.06. The third-order valence-corrected chi connectivity index (χ3v) is 7.93. The van der Waals surface area contributed by atoms with E-state index in [0.29, 0.717) is 53.3 Å². The van der Waals surface area contributed by atoms with Gasteiger partial charge in [-0.05, 0) is 61.3 Å². The number of benzene rings is 1. The van der Waals surface area contributed by atoms with Gasteiger partial charge < -0.3 is 25.8 Å². The normalized spacial score (nSPS) is 29.4. The van der Waals surface area contributed by atoms with Crippen LogP contribution in [0.15, 0.2) is 24.4 Å². The predicted molar refractivity (Wildman–Crippen MR) is 126 cm³/mol. The van der Waals surface area contributed by atoms with Gasteiger partial charge in [0, 0.05) is 24.7 Å². The Bertz CT molecular complexity index is 1050. The third-order valence-electron chi connectivity index (χ3n) is 7.93. The van der Waals surface area contributed by atoms with Crippen molar-refractivity contribution in [3.8, 4) is 17.6 Å². The number of rotatable bonds is 8. The molecule has 8 nitrogen and oxygen atoms in total. The van der Waals surface area contributed by atoms with E-state index in [1.165, 1.54) is 32.1 Å². The molecule has 4 N–H and O–H groups in total. The Morgan fingerprint density at radius 3 is 2.64 bits per heavy atom. The minimum absolute atomic E-state index is 0.269. The summed E-state index contributed by atoms with van der Waals surface area (Å²) in [6, 6.07) is 8.34. The van der Waals surface area contributed by atoms with Crippen molar-refractivity contribution < 1.29 is 9.47 Å². The summed E-state index contributed by atoms with van der Waals surface area (Å²) >= 11 is 0. The Hall–Kier alpha value is -3.05. The number of anilines is 2. The summed E-state index contributed by atoms with van der Waals surface area (Å²) in [7, 11) is 3.24. The summed E-state index contributed by atoms with van der Waals surface area (Å²) in [5.74, 6) is 4.51. The number of nitrogens with zero attached hydrogens (tertiary/aromatic N) is 3. The topological polar surface area (TPSA) is 118 Å². The summed E-state index contributed by atoms with van der Waals surface area (Å²) in [6.07, 6.45) is 7.78. The monoisotopic (exact) mass is 448 g/mol. The van der Waals surface area contributed by atoms with Crippen molar-refractivity contribution in [3.63, 3.8) is 0 Å². The standard InChI is InChI=1S/C25H32N6O2/c1-32-20-5-3-4-16(22(20)33-2)12-28-24-29-13-19(11-26)23(31-24)30-14-25-8-15-6-17(9-25)21(27)18(7-15)10-25/h3-5,13,15,17-18,21H,6-10,12,14,27H2,1-2H3,(H2,28,29,30,31)/t15?,17-,18+,21-,25-. The minimum Gasteiger partial charge on any atom is -0.493 e. The van der Waals surface area contributed by atoms with Crippen LogP contribution in [0.3, 0.4) is 0 Å². The molecule has 4 saturated carbocycles. The molecule has 174 valence electrons. The summed E-state index contributed by atoms with van der Waals surface area (Å²) in [5.41, 5.74) is 8.17. The van der Waals surface area contributed by atoms with E-state index in [2.05, 4.69) is 26.7 Å². The van der Waals surface area contributed by atoms with Gasteiger partial charge in [0.1, 0.15) is 17.5 Å². The molecule has 6 rings (SSSR count). The van der Waals surface area contributed by atoms with Crippen molar-refractivity contribution in [3.05, 3.63) is 35.5 Å². The maximum Gasteiger partial charge on any atom is 0.224 e. The maximum atomic E-state index is 9.60. The van der Waals surface area contributed by atoms with Crippen LogP contribution in [0.4, 0.5) is 11.8 Å². The lowest BCUT2D eigenvalue weighted by atomic mass is 9.48. The van der Waals surface area contributed by atoms with Crippen molar-refractivity contribution in [1.29, 1.82) is 5.26 Å². The van der Waals surface area contributed by atoms with Crippen molar-refractivity contribution in [1.82, 2.24) is 9.97 Å². The summed E-state index contributed by atoms with van der Waals surface area (Å²) in [5, 5.41) is 16.4. The molecular weight excluding hydrogens is 416 g/mol. The quantitative estimate of drug-likeness (QED) is 0.561. The van der Waals surface area contributed by atoms with E-state index in [0.717, 1.165) is 18.0 Å². The first-order chi connectivity index (χ1) is 16.0. The number of nitriles is 1. The Labute approximate surface area is 194 Å². The maximum absolute atomic E-state index is 9.60. The number of methoxy groups -OCH3 is 2. The Morgan fingerprint density at radius 2 is 1.94 bits per heavy atom. The molecular formula is C25H32N6O2. The van der Waals surface area contributed by atoms with E-state index in [1.807, 2.05) is 18.2 Å². The van der Waals surface area contributed by atoms with Gasteiger partial charge in [-0.25, -0.2) is 4.98 Å². The van der Waals surface area contributed by atoms with Crippen LogP contribution in [-0.2, 0) is 6.54 Å². The van der Waals surface area contributed by atoms with E-state index < -0.39 is 0 Å². The number of nitrogens with one attached hydrogen (secondary N) is 2. The Morgan fingerprint density at radius 1 is 1.15 bits per heavy atom. The lowest BCUT2D eigenvalue weighted by Gasteiger charge is -2.59. The number of aromatic nitrogens is 2. The van der Waals surface area contributed by atoms with Crippen LogP contribution in [-0.4, -0.2) is 36.8 Å². The van der Waals surface area contributed by atoms with Gasteiger partial charge >= 0.3 is 0 Å². The number of nitrogens with two attached hydrogens (primary N) is 1. The van der Waals surface area contributed by atoms with E-state index in [9.17, 15) is 5.26 Å². The van der Waals surface area contributed by atoms with E-state index in [1.54, 1.807) is 20.4 Å². The summed E-state index contributed by atoms with van der Waals surface area (Å²) in [4.78, 5) is 8.97. The highest BCUT2D eigenvalue weighted by atomic mass is 16.5. The molecule has 0 saturated heterocycles. The van der Waals surface area contributed by atoms with E-state index >= 15 is 0 Å². The first-order valence-corrected chi connectivity index (χ1v) is 11.7. The van der Waals surface area contributed by atoms with Crippen LogP contribution in [0.2, 0.25) is 0 Å².